The van der Waals surface area contributed by atoms with Crippen LogP contribution in [0.3, 0.4) is 0 Å². The van der Waals surface area contributed by atoms with Crippen molar-refractivity contribution in [3.63, 3.8) is 0 Å². The molecule has 1 aromatic carbocycles. The van der Waals surface area contributed by atoms with Gasteiger partial charge in [0, 0.05) is 12.2 Å². The van der Waals surface area contributed by atoms with Crippen LogP contribution in [-0.4, -0.2) is 15.0 Å². The Bertz CT molecular complexity index is 305. The quantitative estimate of drug-likeness (QED) is 0.530. The van der Waals surface area contributed by atoms with E-state index >= 15 is 0 Å². The summed E-state index contributed by atoms with van der Waals surface area (Å²) in [4.78, 5) is 10.1. The Hall–Kier alpha value is -1.00. The van der Waals surface area contributed by atoms with E-state index in [9.17, 15) is 13.6 Å². The minimum atomic E-state index is -2.05. The van der Waals surface area contributed by atoms with Gasteiger partial charge in [0.25, 0.3) is 0 Å². The third-order valence-corrected chi connectivity index (χ3v) is 2.20. The van der Waals surface area contributed by atoms with Crippen LogP contribution in [0, 0.1) is 0 Å². The molecule has 0 fully saturated rings. The number of hydrogen-bond acceptors (Lipinski definition) is 3. The maximum atomic E-state index is 10.3. The van der Waals surface area contributed by atoms with Gasteiger partial charge in [-0.25, -0.2) is 0 Å². The molecule has 0 aliphatic carbocycles. The monoisotopic (exact) mass is 197 g/mol. The Balaban J connectivity index is 2.69. The van der Waals surface area contributed by atoms with Crippen LogP contribution in [0.4, 0.5) is 0 Å². The molecule has 0 saturated heterocycles. The molecule has 70 valence electrons. The average molecular weight is 197 g/mol. The third kappa shape index (κ3) is 3.48. The van der Waals surface area contributed by atoms with E-state index in [0.717, 1.165) is 17.4 Å². The first kappa shape index (κ1) is 10.1. The van der Waals surface area contributed by atoms with Crippen molar-refractivity contribution in [3.8, 4) is 0 Å². The van der Waals surface area contributed by atoms with E-state index in [2.05, 4.69) is 0 Å². The summed E-state index contributed by atoms with van der Waals surface area (Å²) in [7, 11) is 0. The molecule has 0 aliphatic rings. The first-order chi connectivity index (χ1) is 6.22. The Kier molecular flexibility index (Phi) is 3.79. The van der Waals surface area contributed by atoms with E-state index in [4.69, 9.17) is 0 Å². The van der Waals surface area contributed by atoms with Crippen molar-refractivity contribution in [1.82, 2.24) is 0 Å². The molecule has 0 saturated carbocycles. The van der Waals surface area contributed by atoms with Gasteiger partial charge in [-0.2, -0.15) is 0 Å². The van der Waals surface area contributed by atoms with E-state index in [1.807, 2.05) is 0 Å². The van der Waals surface area contributed by atoms with Gasteiger partial charge in [-0.05, 0) is 11.1 Å². The van der Waals surface area contributed by atoms with E-state index in [0.29, 0.717) is 6.42 Å². The molecule has 1 atom stereocenters. The number of carbonyl (C=O) groups excluding carboxylic acids is 1. The number of carbonyl (C=O) groups is 1. The minimum absolute atomic E-state index is 0.0291. The molecule has 13 heavy (non-hydrogen) atoms. The number of rotatable bonds is 4. The van der Waals surface area contributed by atoms with Gasteiger partial charge < -0.3 is 9.35 Å². The predicted octanol–water partition coefficient (Wildman–Crippen LogP) is 0.807. The summed E-state index contributed by atoms with van der Waals surface area (Å²) in [6, 6.07) is 6.95. The second-order valence-corrected chi connectivity index (χ2v) is 3.53. The molecule has 0 amide bonds. The Morgan fingerprint density at radius 3 is 2.23 bits per heavy atom. The van der Waals surface area contributed by atoms with Gasteiger partial charge in [-0.1, -0.05) is 35.3 Å². The SMILES string of the molecule is O=CCc1ccc(CS(=O)[O-])cc1. The van der Waals surface area contributed by atoms with Gasteiger partial charge in [-0.15, -0.1) is 0 Å². The highest BCUT2D eigenvalue weighted by Gasteiger charge is 1.93. The molecule has 0 radical (unpaired) electrons. The standard InChI is InChI=1S/C9H10O3S/c10-6-5-8-1-3-9(4-2-8)7-13(11)12/h1-4,6H,5,7H2,(H,11,12)/p-1. The highest BCUT2D eigenvalue weighted by atomic mass is 32.2. The summed E-state index contributed by atoms with van der Waals surface area (Å²) < 4.78 is 20.6. The fourth-order valence-corrected chi connectivity index (χ4v) is 1.47. The van der Waals surface area contributed by atoms with Crippen LogP contribution in [0.5, 0.6) is 0 Å². The summed E-state index contributed by atoms with van der Waals surface area (Å²) in [5.41, 5.74) is 1.64. The van der Waals surface area contributed by atoms with E-state index in [1.165, 1.54) is 0 Å². The van der Waals surface area contributed by atoms with Crippen LogP contribution in [0.2, 0.25) is 0 Å². The highest BCUT2D eigenvalue weighted by molar-refractivity contribution is 7.78. The van der Waals surface area contributed by atoms with Gasteiger partial charge in [0.1, 0.15) is 6.29 Å². The molecule has 3 nitrogen and oxygen atoms in total. The molecule has 1 aromatic rings. The van der Waals surface area contributed by atoms with Crippen LogP contribution >= 0.6 is 0 Å². The number of aldehydes is 1. The average Bonchev–Trinajstić information content (AvgIpc) is 2.08. The topological polar surface area (TPSA) is 57.2 Å². The predicted molar refractivity (Wildman–Crippen MR) is 48.8 cm³/mol. The van der Waals surface area contributed by atoms with Gasteiger partial charge in [0.15, 0.2) is 0 Å². The molecule has 0 spiro atoms. The van der Waals surface area contributed by atoms with Crippen LogP contribution in [0.1, 0.15) is 11.1 Å². The molecule has 0 bridgehead atoms. The fourth-order valence-electron chi connectivity index (χ4n) is 1.00. The van der Waals surface area contributed by atoms with Crippen LogP contribution in [-0.2, 0) is 28.0 Å². The molecular formula is C9H9O3S-. The first-order valence-electron chi connectivity index (χ1n) is 3.79. The maximum Gasteiger partial charge on any atom is 0.124 e. The maximum absolute atomic E-state index is 10.3. The molecule has 1 rings (SSSR count). The van der Waals surface area contributed by atoms with Crippen LogP contribution in [0.25, 0.3) is 0 Å². The molecular weight excluding hydrogens is 188 g/mol. The zero-order valence-electron chi connectivity index (χ0n) is 6.93. The summed E-state index contributed by atoms with van der Waals surface area (Å²) in [5, 5.41) is 0. The smallest absolute Gasteiger partial charge is 0.124 e. The van der Waals surface area contributed by atoms with Crippen molar-refractivity contribution < 1.29 is 13.6 Å². The van der Waals surface area contributed by atoms with Crippen LogP contribution in [0.15, 0.2) is 24.3 Å². The Labute approximate surface area is 79.1 Å². The van der Waals surface area contributed by atoms with Gasteiger partial charge in [-0.3, -0.25) is 4.21 Å². The summed E-state index contributed by atoms with van der Waals surface area (Å²) >= 11 is -2.05. The molecule has 0 aliphatic heterocycles. The molecule has 0 N–H and O–H groups in total. The Morgan fingerprint density at radius 1 is 1.23 bits per heavy atom. The zero-order valence-corrected chi connectivity index (χ0v) is 7.75. The highest BCUT2D eigenvalue weighted by Crippen LogP contribution is 2.06. The number of benzene rings is 1. The van der Waals surface area contributed by atoms with Crippen molar-refractivity contribution in [2.45, 2.75) is 12.2 Å². The fraction of sp³-hybridized carbons (Fsp3) is 0.222. The van der Waals surface area contributed by atoms with Gasteiger partial charge in [0.05, 0.1) is 0 Å². The molecule has 0 heterocycles. The normalized spacial score (nSPS) is 12.4. The second-order valence-electron chi connectivity index (χ2n) is 2.64. The van der Waals surface area contributed by atoms with Crippen molar-refractivity contribution in [2.75, 3.05) is 0 Å². The lowest BCUT2D eigenvalue weighted by atomic mass is 10.1. The zero-order chi connectivity index (χ0) is 9.68. The molecule has 1 unspecified atom stereocenters. The second kappa shape index (κ2) is 4.89. The summed E-state index contributed by atoms with van der Waals surface area (Å²) in [6.45, 7) is 0. The largest absolute Gasteiger partial charge is 0.772 e. The minimum Gasteiger partial charge on any atom is -0.772 e. The third-order valence-electron chi connectivity index (χ3n) is 1.63. The van der Waals surface area contributed by atoms with E-state index in [-0.39, 0.29) is 5.75 Å². The van der Waals surface area contributed by atoms with Crippen molar-refractivity contribution in [3.05, 3.63) is 35.4 Å². The molecule has 4 heteroatoms. The van der Waals surface area contributed by atoms with Crippen molar-refractivity contribution >= 4 is 17.4 Å². The van der Waals surface area contributed by atoms with E-state index < -0.39 is 11.1 Å². The summed E-state index contributed by atoms with van der Waals surface area (Å²) in [5.74, 6) is 0.0291. The van der Waals surface area contributed by atoms with E-state index in [1.54, 1.807) is 24.3 Å². The lowest BCUT2D eigenvalue weighted by Gasteiger charge is -2.04. The van der Waals surface area contributed by atoms with Crippen molar-refractivity contribution in [1.29, 1.82) is 0 Å². The van der Waals surface area contributed by atoms with Crippen molar-refractivity contribution in [2.24, 2.45) is 0 Å². The Morgan fingerprint density at radius 2 is 1.77 bits per heavy atom. The molecule has 0 aromatic heterocycles. The lowest BCUT2D eigenvalue weighted by Crippen LogP contribution is -1.93. The first-order valence-corrected chi connectivity index (χ1v) is 5.04. The lowest BCUT2D eigenvalue weighted by molar-refractivity contribution is -0.107. The number of hydrogen-bond donors (Lipinski definition) is 0. The van der Waals surface area contributed by atoms with Gasteiger partial charge >= 0.3 is 0 Å². The summed E-state index contributed by atoms with van der Waals surface area (Å²) in [6.07, 6.45) is 1.20. The van der Waals surface area contributed by atoms with Gasteiger partial charge in [0.2, 0.25) is 0 Å². The van der Waals surface area contributed by atoms with Crippen LogP contribution < -0.4 is 0 Å².